The number of unbranched alkanes of at least 4 members (excludes halogenated alkanes) is 39. The van der Waals surface area contributed by atoms with Crippen LogP contribution in [0.2, 0.25) is 0 Å². The second-order valence-electron chi connectivity index (χ2n) is 19.2. The fourth-order valence-corrected chi connectivity index (χ4v) is 8.50. The Kier molecular flexibility index (Phi) is 51.2. The lowest BCUT2D eigenvalue weighted by Crippen LogP contribution is -2.30. The molecule has 0 radical (unpaired) electrons. The molecule has 0 heterocycles. The molecular weight excluding hydrogens is 781 g/mol. The second kappa shape index (κ2) is 52.8. The number of esters is 3. The lowest BCUT2D eigenvalue weighted by atomic mass is 10.0. The van der Waals surface area contributed by atoms with Crippen LogP contribution < -0.4 is 0 Å². The molecule has 0 aliphatic heterocycles. The van der Waals surface area contributed by atoms with E-state index >= 15 is 0 Å². The van der Waals surface area contributed by atoms with E-state index in [2.05, 4.69) is 32.9 Å². The van der Waals surface area contributed by atoms with Crippen LogP contribution in [0.3, 0.4) is 0 Å². The fourth-order valence-electron chi connectivity index (χ4n) is 8.50. The van der Waals surface area contributed by atoms with Gasteiger partial charge in [-0.25, -0.2) is 0 Å². The number of hydrogen-bond acceptors (Lipinski definition) is 6. The average molecular weight is 889 g/mol. The van der Waals surface area contributed by atoms with Crippen LogP contribution in [0.1, 0.15) is 316 Å². The van der Waals surface area contributed by atoms with Gasteiger partial charge in [0.15, 0.2) is 6.10 Å². The third-order valence-electron chi connectivity index (χ3n) is 12.8. The van der Waals surface area contributed by atoms with E-state index in [0.717, 1.165) is 57.8 Å². The first-order chi connectivity index (χ1) is 31.0. The molecule has 63 heavy (non-hydrogen) atoms. The van der Waals surface area contributed by atoms with Gasteiger partial charge in [0.25, 0.3) is 0 Å². The quantitative estimate of drug-likeness (QED) is 0.0262. The van der Waals surface area contributed by atoms with Crippen molar-refractivity contribution in [3.8, 4) is 0 Å². The molecule has 0 aliphatic rings. The molecule has 1 atom stereocenters. The summed E-state index contributed by atoms with van der Waals surface area (Å²) in [5.41, 5.74) is 0. The number of rotatable bonds is 52. The first kappa shape index (κ1) is 61.1. The third-order valence-corrected chi connectivity index (χ3v) is 12.8. The SMILES string of the molecule is CCCCCCCCCC/C=C\CCCCCCCCCC(=O)OCC(COC(=O)CCCCCCCCCCCCCC)OC(=O)CCCCCCCCCCCCCCCC. The third kappa shape index (κ3) is 51.0. The highest BCUT2D eigenvalue weighted by molar-refractivity contribution is 5.71. The molecule has 0 N–H and O–H groups in total. The summed E-state index contributed by atoms with van der Waals surface area (Å²) < 4.78 is 16.9. The first-order valence-electron chi connectivity index (χ1n) is 28.2. The zero-order valence-corrected chi connectivity index (χ0v) is 42.6. The smallest absolute Gasteiger partial charge is 0.306 e. The highest BCUT2D eigenvalue weighted by atomic mass is 16.6. The minimum Gasteiger partial charge on any atom is -0.462 e. The summed E-state index contributed by atoms with van der Waals surface area (Å²) in [6.45, 7) is 6.68. The van der Waals surface area contributed by atoms with Gasteiger partial charge in [0.1, 0.15) is 13.2 Å². The summed E-state index contributed by atoms with van der Waals surface area (Å²) in [4.78, 5) is 38.0. The Morgan fingerprint density at radius 2 is 0.524 bits per heavy atom. The summed E-state index contributed by atoms with van der Waals surface area (Å²) in [6.07, 6.45) is 59.1. The van der Waals surface area contributed by atoms with Gasteiger partial charge in [0.05, 0.1) is 0 Å². The normalized spacial score (nSPS) is 12.0. The Morgan fingerprint density at radius 1 is 0.302 bits per heavy atom. The minimum absolute atomic E-state index is 0.0656. The Morgan fingerprint density at radius 3 is 0.794 bits per heavy atom. The van der Waals surface area contributed by atoms with E-state index in [1.54, 1.807) is 0 Å². The number of carbonyl (C=O) groups is 3. The largest absolute Gasteiger partial charge is 0.462 e. The molecule has 0 aromatic rings. The molecule has 6 heteroatoms. The molecule has 0 aromatic heterocycles. The monoisotopic (exact) mass is 889 g/mol. The van der Waals surface area contributed by atoms with Crippen molar-refractivity contribution in [2.75, 3.05) is 13.2 Å². The van der Waals surface area contributed by atoms with Gasteiger partial charge in [-0.05, 0) is 44.9 Å². The van der Waals surface area contributed by atoms with Gasteiger partial charge in [-0.2, -0.15) is 0 Å². The van der Waals surface area contributed by atoms with Crippen molar-refractivity contribution in [1.82, 2.24) is 0 Å². The van der Waals surface area contributed by atoms with Crippen LogP contribution in [0.15, 0.2) is 12.2 Å². The second-order valence-corrected chi connectivity index (χ2v) is 19.2. The highest BCUT2D eigenvalue weighted by Gasteiger charge is 2.19. The highest BCUT2D eigenvalue weighted by Crippen LogP contribution is 2.17. The van der Waals surface area contributed by atoms with Crippen LogP contribution in [-0.2, 0) is 28.6 Å². The molecule has 372 valence electrons. The van der Waals surface area contributed by atoms with Crippen LogP contribution in [0.5, 0.6) is 0 Å². The summed E-state index contributed by atoms with van der Waals surface area (Å²) in [5.74, 6) is -0.849. The lowest BCUT2D eigenvalue weighted by molar-refractivity contribution is -0.167. The summed E-state index contributed by atoms with van der Waals surface area (Å²) in [6, 6.07) is 0. The fraction of sp³-hybridized carbons (Fsp3) is 0.912. The van der Waals surface area contributed by atoms with Crippen molar-refractivity contribution in [3.05, 3.63) is 12.2 Å². The molecule has 0 bridgehead atoms. The maximum absolute atomic E-state index is 12.8. The van der Waals surface area contributed by atoms with Crippen molar-refractivity contribution in [2.45, 2.75) is 322 Å². The van der Waals surface area contributed by atoms with Crippen molar-refractivity contribution in [1.29, 1.82) is 0 Å². The summed E-state index contributed by atoms with van der Waals surface area (Å²) in [7, 11) is 0. The number of hydrogen-bond donors (Lipinski definition) is 0. The molecule has 0 aromatic carbocycles. The number of allylic oxidation sites excluding steroid dienone is 2. The van der Waals surface area contributed by atoms with Crippen LogP contribution in [-0.4, -0.2) is 37.2 Å². The van der Waals surface area contributed by atoms with Crippen LogP contribution >= 0.6 is 0 Å². The number of carbonyl (C=O) groups excluding carboxylic acids is 3. The number of ether oxygens (including phenoxy) is 3. The molecule has 0 saturated carbocycles. The van der Waals surface area contributed by atoms with Gasteiger partial charge in [-0.15, -0.1) is 0 Å². The molecule has 6 nitrogen and oxygen atoms in total. The Labute approximate surface area is 392 Å². The molecule has 0 rings (SSSR count). The molecule has 0 saturated heterocycles. The molecular formula is C57H108O6. The van der Waals surface area contributed by atoms with Crippen LogP contribution in [0, 0.1) is 0 Å². The topological polar surface area (TPSA) is 78.9 Å². The van der Waals surface area contributed by atoms with Crippen LogP contribution in [0.25, 0.3) is 0 Å². The standard InChI is InChI=1S/C57H108O6/c1-4-7-10-13-16-19-22-25-27-28-29-30-31-33-35-38-41-44-47-50-56(59)62-53-54(52-61-55(58)49-46-43-40-37-34-24-21-18-15-12-9-6-3)63-57(60)51-48-45-42-39-36-32-26-23-20-17-14-11-8-5-2/h28-29,54H,4-27,30-53H2,1-3H3/b29-28-. The summed E-state index contributed by atoms with van der Waals surface area (Å²) >= 11 is 0. The van der Waals surface area contributed by atoms with Gasteiger partial charge in [0, 0.05) is 19.3 Å². The average Bonchev–Trinajstić information content (AvgIpc) is 3.28. The molecule has 1 unspecified atom stereocenters. The zero-order chi connectivity index (χ0) is 45.8. The van der Waals surface area contributed by atoms with E-state index in [0.29, 0.717) is 19.3 Å². The lowest BCUT2D eigenvalue weighted by Gasteiger charge is -2.18. The van der Waals surface area contributed by atoms with Gasteiger partial charge >= 0.3 is 17.9 Å². The van der Waals surface area contributed by atoms with Gasteiger partial charge in [-0.3, -0.25) is 14.4 Å². The molecule has 0 amide bonds. The van der Waals surface area contributed by atoms with Gasteiger partial charge in [-0.1, -0.05) is 264 Å². The maximum Gasteiger partial charge on any atom is 0.306 e. The van der Waals surface area contributed by atoms with E-state index in [9.17, 15) is 14.4 Å². The molecule has 0 spiro atoms. The Balaban J connectivity index is 4.28. The minimum atomic E-state index is -0.765. The predicted molar refractivity (Wildman–Crippen MR) is 270 cm³/mol. The van der Waals surface area contributed by atoms with Crippen LogP contribution in [0.4, 0.5) is 0 Å². The summed E-state index contributed by atoms with van der Waals surface area (Å²) in [5, 5.41) is 0. The van der Waals surface area contributed by atoms with E-state index < -0.39 is 6.10 Å². The van der Waals surface area contributed by atoms with E-state index in [1.165, 1.54) is 218 Å². The van der Waals surface area contributed by atoms with E-state index in [4.69, 9.17) is 14.2 Å². The van der Waals surface area contributed by atoms with Crippen molar-refractivity contribution in [3.63, 3.8) is 0 Å². The van der Waals surface area contributed by atoms with Gasteiger partial charge < -0.3 is 14.2 Å². The zero-order valence-electron chi connectivity index (χ0n) is 42.6. The first-order valence-corrected chi connectivity index (χ1v) is 28.2. The van der Waals surface area contributed by atoms with E-state index in [1.807, 2.05) is 0 Å². The van der Waals surface area contributed by atoms with Crippen molar-refractivity contribution < 1.29 is 28.6 Å². The maximum atomic E-state index is 12.8. The van der Waals surface area contributed by atoms with Crippen molar-refractivity contribution in [2.24, 2.45) is 0 Å². The molecule has 0 aliphatic carbocycles. The van der Waals surface area contributed by atoms with E-state index in [-0.39, 0.29) is 31.1 Å². The predicted octanol–water partition coefficient (Wildman–Crippen LogP) is 18.5. The van der Waals surface area contributed by atoms with Crippen molar-refractivity contribution >= 4 is 17.9 Å². The Hall–Kier alpha value is -1.85. The molecule has 0 fully saturated rings. The van der Waals surface area contributed by atoms with Gasteiger partial charge in [0.2, 0.25) is 0 Å². The Bertz CT molecular complexity index is 978.